The van der Waals surface area contributed by atoms with Crippen LogP contribution in [0, 0.1) is 13.8 Å². The largest absolute Gasteiger partial charge is 0.476 e. The predicted octanol–water partition coefficient (Wildman–Crippen LogP) is 4.18. The summed E-state index contributed by atoms with van der Waals surface area (Å²) in [6.45, 7) is 6.16. The molecule has 0 saturated heterocycles. The van der Waals surface area contributed by atoms with E-state index in [4.69, 9.17) is 4.74 Å². The standard InChI is InChI=1S/C26H28N2O4S/c1-18-9-12-22(13-10-18)33(30,31)28-17-25(32-24-15-19(2)11-14-23(24)28)26(29)27-16-20(3)21-7-5-4-6-8-21/h4-15,20,25H,16-17H2,1-3H3,(H,27,29)/t20-,25+/m0/s1. The monoisotopic (exact) mass is 464 g/mol. The van der Waals surface area contributed by atoms with E-state index in [1.54, 1.807) is 36.4 Å². The molecule has 0 saturated carbocycles. The molecule has 1 heterocycles. The molecule has 0 unspecified atom stereocenters. The van der Waals surface area contributed by atoms with Crippen LogP contribution in [0.15, 0.2) is 77.7 Å². The topological polar surface area (TPSA) is 75.7 Å². The smallest absolute Gasteiger partial charge is 0.264 e. The molecule has 6 nitrogen and oxygen atoms in total. The van der Waals surface area contributed by atoms with Crippen LogP contribution in [0.1, 0.15) is 29.5 Å². The minimum absolute atomic E-state index is 0.0994. The summed E-state index contributed by atoms with van der Waals surface area (Å²) in [6, 6.07) is 21.9. The number of carbonyl (C=O) groups excluding carboxylic acids is 1. The van der Waals surface area contributed by atoms with Crippen molar-refractivity contribution in [3.63, 3.8) is 0 Å². The molecule has 2 atom stereocenters. The molecule has 0 spiro atoms. The van der Waals surface area contributed by atoms with Crippen LogP contribution in [0.5, 0.6) is 5.75 Å². The van der Waals surface area contributed by atoms with Gasteiger partial charge in [0.25, 0.3) is 15.9 Å². The van der Waals surface area contributed by atoms with E-state index in [0.717, 1.165) is 16.7 Å². The molecule has 0 radical (unpaired) electrons. The first-order valence-electron chi connectivity index (χ1n) is 10.9. The van der Waals surface area contributed by atoms with Crippen LogP contribution in [-0.4, -0.2) is 33.5 Å². The molecule has 1 aliphatic rings. The van der Waals surface area contributed by atoms with Crippen molar-refractivity contribution in [1.82, 2.24) is 5.32 Å². The van der Waals surface area contributed by atoms with Crippen molar-refractivity contribution in [2.75, 3.05) is 17.4 Å². The number of sulfonamides is 1. The second-order valence-electron chi connectivity index (χ2n) is 8.48. The summed E-state index contributed by atoms with van der Waals surface area (Å²) >= 11 is 0. The van der Waals surface area contributed by atoms with E-state index >= 15 is 0 Å². The Morgan fingerprint density at radius 2 is 1.70 bits per heavy atom. The Hall–Kier alpha value is -3.32. The second kappa shape index (κ2) is 9.27. The number of aryl methyl sites for hydroxylation is 2. The zero-order valence-electron chi connectivity index (χ0n) is 19.0. The van der Waals surface area contributed by atoms with Crippen molar-refractivity contribution in [2.24, 2.45) is 0 Å². The maximum atomic E-state index is 13.5. The maximum Gasteiger partial charge on any atom is 0.264 e. The zero-order valence-corrected chi connectivity index (χ0v) is 19.8. The molecule has 0 aromatic heterocycles. The van der Waals surface area contributed by atoms with Gasteiger partial charge in [-0.3, -0.25) is 9.10 Å². The Morgan fingerprint density at radius 3 is 2.39 bits per heavy atom. The first kappa shape index (κ1) is 22.9. The summed E-state index contributed by atoms with van der Waals surface area (Å²) < 4.78 is 34.3. The highest BCUT2D eigenvalue weighted by molar-refractivity contribution is 7.92. The number of benzene rings is 3. The highest BCUT2D eigenvalue weighted by Gasteiger charge is 2.37. The number of amides is 1. The molecule has 3 aromatic carbocycles. The number of rotatable bonds is 6. The van der Waals surface area contributed by atoms with Gasteiger partial charge in [0.05, 0.1) is 17.1 Å². The van der Waals surface area contributed by atoms with Crippen LogP contribution in [0.25, 0.3) is 0 Å². The van der Waals surface area contributed by atoms with Gasteiger partial charge in [-0.2, -0.15) is 0 Å². The average molecular weight is 465 g/mol. The maximum absolute atomic E-state index is 13.5. The van der Waals surface area contributed by atoms with Gasteiger partial charge in [-0.25, -0.2) is 8.42 Å². The summed E-state index contributed by atoms with van der Waals surface area (Å²) in [4.78, 5) is 13.2. The predicted molar refractivity (Wildman–Crippen MR) is 129 cm³/mol. The molecule has 0 fully saturated rings. The van der Waals surface area contributed by atoms with Crippen LogP contribution in [0.2, 0.25) is 0 Å². The molecule has 1 aliphatic heterocycles. The number of carbonyl (C=O) groups is 1. The summed E-state index contributed by atoms with van der Waals surface area (Å²) in [7, 11) is -3.87. The lowest BCUT2D eigenvalue weighted by Crippen LogP contribution is -2.51. The van der Waals surface area contributed by atoms with Crippen LogP contribution in [-0.2, 0) is 14.8 Å². The van der Waals surface area contributed by atoms with Gasteiger partial charge in [0, 0.05) is 6.54 Å². The summed E-state index contributed by atoms with van der Waals surface area (Å²) in [6.07, 6.45) is -0.956. The second-order valence-corrected chi connectivity index (χ2v) is 10.3. The number of ether oxygens (including phenoxy) is 1. The van der Waals surface area contributed by atoms with Gasteiger partial charge in [-0.15, -0.1) is 0 Å². The van der Waals surface area contributed by atoms with Gasteiger partial charge in [-0.05, 0) is 55.2 Å². The van der Waals surface area contributed by atoms with Crippen LogP contribution >= 0.6 is 0 Å². The van der Waals surface area contributed by atoms with Crippen molar-refractivity contribution in [2.45, 2.75) is 37.7 Å². The van der Waals surface area contributed by atoms with Gasteiger partial charge < -0.3 is 10.1 Å². The lowest BCUT2D eigenvalue weighted by Gasteiger charge is -2.35. The third kappa shape index (κ3) is 4.88. The summed E-state index contributed by atoms with van der Waals surface area (Å²) in [5, 5.41) is 2.93. The highest BCUT2D eigenvalue weighted by atomic mass is 32.2. The summed E-state index contributed by atoms with van der Waals surface area (Å²) in [5.74, 6) is 0.155. The van der Waals surface area contributed by atoms with Crippen LogP contribution < -0.4 is 14.4 Å². The zero-order chi connectivity index (χ0) is 23.6. The van der Waals surface area contributed by atoms with E-state index in [1.807, 2.05) is 57.2 Å². The average Bonchev–Trinajstić information content (AvgIpc) is 2.82. The lowest BCUT2D eigenvalue weighted by atomic mass is 10.0. The van der Waals surface area contributed by atoms with Crippen LogP contribution in [0.4, 0.5) is 5.69 Å². The number of anilines is 1. The van der Waals surface area contributed by atoms with Gasteiger partial charge >= 0.3 is 0 Å². The van der Waals surface area contributed by atoms with Gasteiger partial charge in [0.15, 0.2) is 6.10 Å². The number of nitrogens with one attached hydrogen (secondary N) is 1. The first-order valence-corrected chi connectivity index (χ1v) is 12.4. The van der Waals surface area contributed by atoms with Gasteiger partial charge in [0.2, 0.25) is 0 Å². The molecule has 1 amide bonds. The number of hydrogen-bond donors (Lipinski definition) is 1. The SMILES string of the molecule is Cc1ccc(S(=O)(=O)N2C[C@H](C(=O)NC[C@H](C)c3ccccc3)Oc3cc(C)ccc32)cc1. The van der Waals surface area contributed by atoms with Crippen molar-refractivity contribution < 1.29 is 17.9 Å². The fraction of sp³-hybridized carbons (Fsp3) is 0.269. The third-order valence-electron chi connectivity index (χ3n) is 5.84. The molecule has 0 bridgehead atoms. The minimum atomic E-state index is -3.87. The Balaban J connectivity index is 1.58. The molecular weight excluding hydrogens is 436 g/mol. The fourth-order valence-electron chi connectivity index (χ4n) is 3.83. The van der Waals surface area contributed by atoms with Crippen molar-refractivity contribution in [3.05, 3.63) is 89.5 Å². The Bertz CT molecular complexity index is 1240. The Labute approximate surface area is 195 Å². The lowest BCUT2D eigenvalue weighted by molar-refractivity contribution is -0.127. The van der Waals surface area contributed by atoms with Crippen molar-refractivity contribution >= 4 is 21.6 Å². The van der Waals surface area contributed by atoms with E-state index in [9.17, 15) is 13.2 Å². The first-order chi connectivity index (χ1) is 15.8. The number of nitrogens with zero attached hydrogens (tertiary/aromatic N) is 1. The van der Waals surface area contributed by atoms with E-state index in [-0.39, 0.29) is 23.3 Å². The molecule has 7 heteroatoms. The molecule has 4 rings (SSSR count). The van der Waals surface area contributed by atoms with Crippen LogP contribution in [0.3, 0.4) is 0 Å². The molecule has 33 heavy (non-hydrogen) atoms. The molecular formula is C26H28N2O4S. The molecule has 1 N–H and O–H groups in total. The molecule has 0 aliphatic carbocycles. The minimum Gasteiger partial charge on any atom is -0.476 e. The fourth-order valence-corrected chi connectivity index (χ4v) is 5.31. The quantitative estimate of drug-likeness (QED) is 0.594. The Morgan fingerprint density at radius 1 is 1.03 bits per heavy atom. The van der Waals surface area contributed by atoms with Gasteiger partial charge in [0.1, 0.15) is 5.75 Å². The van der Waals surface area contributed by atoms with E-state index in [0.29, 0.717) is 18.0 Å². The molecule has 172 valence electrons. The van der Waals surface area contributed by atoms with E-state index in [1.165, 1.54) is 4.31 Å². The highest BCUT2D eigenvalue weighted by Crippen LogP contribution is 2.37. The Kier molecular flexibility index (Phi) is 6.42. The number of fused-ring (bicyclic) bond motifs is 1. The number of hydrogen-bond acceptors (Lipinski definition) is 4. The van der Waals surface area contributed by atoms with Crippen molar-refractivity contribution in [1.29, 1.82) is 0 Å². The molecule has 3 aromatic rings. The van der Waals surface area contributed by atoms with E-state index < -0.39 is 16.1 Å². The summed E-state index contributed by atoms with van der Waals surface area (Å²) in [5.41, 5.74) is 3.44. The van der Waals surface area contributed by atoms with E-state index in [2.05, 4.69) is 5.32 Å². The third-order valence-corrected chi connectivity index (χ3v) is 7.63. The van der Waals surface area contributed by atoms with Crippen molar-refractivity contribution in [3.8, 4) is 5.75 Å². The normalized spacial score (nSPS) is 16.5. The van der Waals surface area contributed by atoms with Gasteiger partial charge in [-0.1, -0.05) is 61.0 Å².